The Balaban J connectivity index is 1.22. The van der Waals surface area contributed by atoms with Gasteiger partial charge in [-0.15, -0.1) is 0 Å². The van der Waals surface area contributed by atoms with Crippen molar-refractivity contribution in [1.82, 2.24) is 4.57 Å². The van der Waals surface area contributed by atoms with E-state index in [1.54, 1.807) is 0 Å². The summed E-state index contributed by atoms with van der Waals surface area (Å²) >= 11 is 0. The molecule has 1 aromatic heterocycles. The Bertz CT molecular complexity index is 4530. The Hall–Kier alpha value is -9.58. The first-order valence-electron chi connectivity index (χ1n) is 31.4. The summed E-state index contributed by atoms with van der Waals surface area (Å²) in [4.78, 5) is 7.83. The van der Waals surface area contributed by atoms with Gasteiger partial charge in [-0.3, -0.25) is 0 Å². The molecular weight excluding hydrogens is 1060 g/mol. The summed E-state index contributed by atoms with van der Waals surface area (Å²) in [5, 5.41) is 1.21. The van der Waals surface area contributed by atoms with Crippen molar-refractivity contribution in [3.63, 3.8) is 0 Å². The van der Waals surface area contributed by atoms with E-state index in [1.807, 2.05) is 0 Å². The molecule has 14 rings (SSSR count). The number of anilines is 9. The maximum Gasteiger partial charge on any atom is 0.273 e. The number of para-hydroxylation sites is 3. The van der Waals surface area contributed by atoms with Crippen molar-refractivity contribution >= 4 is 85.3 Å². The molecule has 0 spiro atoms. The minimum absolute atomic E-state index is 0.113. The van der Waals surface area contributed by atoms with Crippen LogP contribution in [-0.4, -0.2) is 11.3 Å². The number of fused-ring (bicyclic) bond motifs is 6. The second-order valence-electron chi connectivity index (χ2n) is 27.9. The van der Waals surface area contributed by atoms with E-state index in [-0.39, 0.29) is 28.4 Å². The van der Waals surface area contributed by atoms with Crippen LogP contribution in [0.15, 0.2) is 267 Å². The van der Waals surface area contributed by atoms with E-state index < -0.39 is 0 Å². The van der Waals surface area contributed by atoms with Crippen LogP contribution >= 0.6 is 0 Å². The second kappa shape index (κ2) is 21.4. The molecule has 11 aromatic carbocycles. The van der Waals surface area contributed by atoms with Crippen LogP contribution in [0.5, 0.6) is 0 Å². The molecule has 12 aromatic rings. The van der Waals surface area contributed by atoms with Crippen LogP contribution in [0, 0.1) is 0 Å². The number of nitrogens with zero attached hydrogens (tertiary/aromatic N) is 4. The van der Waals surface area contributed by atoms with E-state index >= 15 is 0 Å². The van der Waals surface area contributed by atoms with Crippen LogP contribution in [0.25, 0.3) is 38.8 Å². The maximum atomic E-state index is 2.70. The maximum absolute atomic E-state index is 2.70. The van der Waals surface area contributed by atoms with Crippen LogP contribution in [0.2, 0.25) is 0 Å². The second-order valence-corrected chi connectivity index (χ2v) is 27.9. The lowest BCUT2D eigenvalue weighted by molar-refractivity contribution is 0.590. The predicted molar refractivity (Wildman–Crippen MR) is 378 cm³/mol. The third-order valence-electron chi connectivity index (χ3n) is 18.7. The molecule has 5 heteroatoms. The zero-order chi connectivity index (χ0) is 60.9. The van der Waals surface area contributed by atoms with Crippen molar-refractivity contribution in [2.75, 3.05) is 14.7 Å². The Morgan fingerprint density at radius 2 is 0.761 bits per heavy atom. The first-order valence-corrected chi connectivity index (χ1v) is 31.4. The highest BCUT2D eigenvalue weighted by Gasteiger charge is 2.49. The van der Waals surface area contributed by atoms with Crippen LogP contribution < -0.4 is 31.2 Å². The molecule has 0 bridgehead atoms. The summed E-state index contributed by atoms with van der Waals surface area (Å²) < 4.78 is 2.62. The molecule has 4 nitrogen and oxygen atoms in total. The average molecular weight is 1140 g/mol. The fourth-order valence-corrected chi connectivity index (χ4v) is 13.8. The molecule has 2 aliphatic rings. The van der Waals surface area contributed by atoms with Gasteiger partial charge in [-0.05, 0) is 157 Å². The first kappa shape index (κ1) is 56.2. The van der Waals surface area contributed by atoms with E-state index in [9.17, 15) is 0 Å². The molecule has 0 aliphatic carbocycles. The smallest absolute Gasteiger partial charge is 0.273 e. The number of hydrogen-bond donors (Lipinski definition) is 0. The largest absolute Gasteiger partial charge is 0.319 e. The van der Waals surface area contributed by atoms with Gasteiger partial charge in [-0.25, -0.2) is 0 Å². The fourth-order valence-electron chi connectivity index (χ4n) is 13.8. The molecule has 432 valence electrons. The predicted octanol–water partition coefficient (Wildman–Crippen LogP) is 20.7. The topological polar surface area (TPSA) is 14.7 Å². The summed E-state index contributed by atoms with van der Waals surface area (Å²) in [7, 11) is 0. The van der Waals surface area contributed by atoms with Crippen molar-refractivity contribution in [1.29, 1.82) is 0 Å². The van der Waals surface area contributed by atoms with Gasteiger partial charge in [0.2, 0.25) is 0 Å². The first-order chi connectivity index (χ1) is 42.3. The Morgan fingerprint density at radius 1 is 0.330 bits per heavy atom. The van der Waals surface area contributed by atoms with Crippen molar-refractivity contribution in [3.05, 3.63) is 295 Å². The summed E-state index contributed by atoms with van der Waals surface area (Å²) in [6.45, 7) is 25.6. The summed E-state index contributed by atoms with van der Waals surface area (Å²) in [6.07, 6.45) is 0. The van der Waals surface area contributed by atoms with Gasteiger partial charge < -0.3 is 19.3 Å². The van der Waals surface area contributed by atoms with Crippen molar-refractivity contribution in [3.8, 4) is 27.9 Å². The average Bonchev–Trinajstić information content (AvgIpc) is 1.44. The van der Waals surface area contributed by atoms with E-state index in [4.69, 9.17) is 0 Å². The lowest BCUT2D eigenvalue weighted by atomic mass is 9.34. The van der Waals surface area contributed by atoms with E-state index in [1.165, 1.54) is 83.2 Å². The van der Waals surface area contributed by atoms with E-state index in [0.29, 0.717) is 0 Å². The van der Waals surface area contributed by atoms with Gasteiger partial charge in [0.05, 0.1) is 28.3 Å². The monoisotopic (exact) mass is 1140 g/mol. The Labute approximate surface area is 522 Å². The van der Waals surface area contributed by atoms with Crippen molar-refractivity contribution in [2.24, 2.45) is 0 Å². The van der Waals surface area contributed by atoms with Gasteiger partial charge in [0.15, 0.2) is 0 Å². The summed E-state index contributed by atoms with van der Waals surface area (Å²) in [5.74, 6) is 0. The molecule has 3 heterocycles. The van der Waals surface area contributed by atoms with Crippen LogP contribution in [0.4, 0.5) is 51.2 Å². The summed E-state index contributed by atoms with van der Waals surface area (Å²) in [5.41, 5.74) is 26.4. The standard InChI is InChI=1S/C83H77BN4/c1-80(2,3)59-43-47-71(67(50-59)56-30-18-12-19-31-56)87-74-53-62(83(10,11)58-34-22-14-23-35-58)42-46-70(74)84-77-75(87)54-66(85(63-36-24-15-25-37-63)64-38-26-16-27-39-64)55-76(77)88(72-48-44-60(81(4,5)6)51-68(72)57-32-20-13-21-33-57)78-69-52-61(82(7,8)9)45-49-73(69)86(79(78)84)65-40-28-17-29-41-65/h12-55H,1-11H3. The normalized spacial score (nSPS) is 13.1. The number of benzene rings is 11. The molecule has 0 amide bonds. The molecule has 0 saturated heterocycles. The molecule has 0 N–H and O–H groups in total. The van der Waals surface area contributed by atoms with Crippen LogP contribution in [0.3, 0.4) is 0 Å². The lowest BCUT2D eigenvalue weighted by Gasteiger charge is -2.45. The number of rotatable bonds is 10. The van der Waals surface area contributed by atoms with Gasteiger partial charge in [-0.2, -0.15) is 0 Å². The molecule has 0 unspecified atom stereocenters. The molecule has 0 radical (unpaired) electrons. The zero-order valence-electron chi connectivity index (χ0n) is 52.8. The highest BCUT2D eigenvalue weighted by Crippen LogP contribution is 2.54. The SMILES string of the molecule is CC(C)(C)c1ccc(N2c3cc(C(C)(C)c4ccccc4)ccc3B3c4c2cc(N(c2ccccc2)c2ccccc2)cc4N(c2ccc(C(C)(C)C)cc2-c2ccccc2)c2c3n(-c3ccccc3)c3ccc(C(C)(C)C)cc23)c(-c2ccccc2)c1. The zero-order valence-corrected chi connectivity index (χ0v) is 52.8. The minimum atomic E-state index is -0.352. The third kappa shape index (κ3) is 9.64. The van der Waals surface area contributed by atoms with Gasteiger partial charge in [0.25, 0.3) is 6.71 Å². The van der Waals surface area contributed by atoms with Gasteiger partial charge >= 0.3 is 0 Å². The highest BCUT2D eigenvalue weighted by molar-refractivity contribution is 7.00. The quantitative estimate of drug-likeness (QED) is 0.127. The Morgan fingerprint density at radius 3 is 1.27 bits per heavy atom. The highest BCUT2D eigenvalue weighted by atomic mass is 15.2. The third-order valence-corrected chi connectivity index (χ3v) is 18.7. The van der Waals surface area contributed by atoms with Crippen LogP contribution in [-0.2, 0) is 21.7 Å². The summed E-state index contributed by atoms with van der Waals surface area (Å²) in [6, 6.07) is 101. The molecule has 0 atom stereocenters. The van der Waals surface area contributed by atoms with E-state index in [2.05, 4.69) is 362 Å². The molecule has 0 fully saturated rings. The fraction of sp³-hybridized carbons (Fsp3) is 0.181. The van der Waals surface area contributed by atoms with E-state index in [0.717, 1.165) is 51.2 Å². The molecular formula is C83H77BN4. The van der Waals surface area contributed by atoms with Gasteiger partial charge in [0.1, 0.15) is 0 Å². The van der Waals surface area contributed by atoms with Crippen molar-refractivity contribution < 1.29 is 0 Å². The van der Waals surface area contributed by atoms with Crippen molar-refractivity contribution in [2.45, 2.75) is 97.8 Å². The molecule has 2 aliphatic heterocycles. The molecule has 0 saturated carbocycles. The van der Waals surface area contributed by atoms with Crippen LogP contribution in [0.1, 0.15) is 104 Å². The Kier molecular flexibility index (Phi) is 13.7. The number of hydrogen-bond acceptors (Lipinski definition) is 3. The molecule has 88 heavy (non-hydrogen) atoms. The number of aromatic nitrogens is 1. The van der Waals surface area contributed by atoms with Gasteiger partial charge in [0, 0.05) is 61.6 Å². The van der Waals surface area contributed by atoms with Gasteiger partial charge in [-0.1, -0.05) is 252 Å². The minimum Gasteiger partial charge on any atom is -0.319 e. The lowest BCUT2D eigenvalue weighted by Crippen LogP contribution is -2.63.